The van der Waals surface area contributed by atoms with Gasteiger partial charge in [-0.3, -0.25) is 0 Å². The van der Waals surface area contributed by atoms with Crippen molar-refractivity contribution in [2.75, 3.05) is 19.8 Å². The van der Waals surface area contributed by atoms with Crippen molar-refractivity contribution in [1.82, 2.24) is 0 Å². The van der Waals surface area contributed by atoms with E-state index in [4.69, 9.17) is 25.2 Å². The largest absolute Gasteiger partial charge is 0.394 e. The molecule has 4 N–H and O–H groups in total. The summed E-state index contributed by atoms with van der Waals surface area (Å²) in [5, 5.41) is 35.0. The van der Waals surface area contributed by atoms with E-state index in [1.165, 1.54) is 0 Å². The first-order chi connectivity index (χ1) is 6.60. The lowest BCUT2D eigenvalue weighted by atomic mass is 10.1. The minimum Gasteiger partial charge on any atom is -0.394 e. The van der Waals surface area contributed by atoms with Crippen molar-refractivity contribution < 1.29 is 25.2 Å². The summed E-state index contributed by atoms with van der Waals surface area (Å²) in [7, 11) is 0. The number of aliphatic hydroxyl groups is 4. The minimum atomic E-state index is -0.847. The van der Waals surface area contributed by atoms with Gasteiger partial charge in [0.25, 0.3) is 0 Å². The molecular weight excluding hydrogens is 188 g/mol. The van der Waals surface area contributed by atoms with E-state index in [-0.39, 0.29) is 25.9 Å². The standard InChI is InChI=1S/C9H20O5/c1-7(2-3-8(12)4-10)14-6-9(13)5-11/h7-13H,2-6H2,1H3. The van der Waals surface area contributed by atoms with Crippen molar-refractivity contribution in [3.05, 3.63) is 0 Å². The summed E-state index contributed by atoms with van der Waals surface area (Å²) in [4.78, 5) is 0. The van der Waals surface area contributed by atoms with Gasteiger partial charge in [-0.25, -0.2) is 0 Å². The Balaban J connectivity index is 3.40. The Kier molecular flexibility index (Phi) is 8.02. The Bertz CT molecular complexity index is 116. The molecule has 0 aromatic carbocycles. The number of hydrogen-bond acceptors (Lipinski definition) is 5. The van der Waals surface area contributed by atoms with Gasteiger partial charge in [0.1, 0.15) is 6.10 Å². The molecule has 0 saturated heterocycles. The number of aliphatic hydroxyl groups excluding tert-OH is 4. The fraction of sp³-hybridized carbons (Fsp3) is 1.00. The van der Waals surface area contributed by atoms with Crippen LogP contribution < -0.4 is 0 Å². The third-order valence-corrected chi connectivity index (χ3v) is 1.90. The fourth-order valence-corrected chi connectivity index (χ4v) is 0.930. The number of hydrogen-bond donors (Lipinski definition) is 4. The first-order valence-electron chi connectivity index (χ1n) is 4.79. The highest BCUT2D eigenvalue weighted by Crippen LogP contribution is 2.05. The lowest BCUT2D eigenvalue weighted by molar-refractivity contribution is -0.0300. The van der Waals surface area contributed by atoms with Crippen molar-refractivity contribution >= 4 is 0 Å². The molecule has 0 aromatic rings. The Morgan fingerprint density at radius 2 is 1.57 bits per heavy atom. The Hall–Kier alpha value is -0.200. The van der Waals surface area contributed by atoms with Crippen LogP contribution in [0.1, 0.15) is 19.8 Å². The van der Waals surface area contributed by atoms with Gasteiger partial charge >= 0.3 is 0 Å². The van der Waals surface area contributed by atoms with Crippen molar-refractivity contribution in [2.45, 2.75) is 38.1 Å². The van der Waals surface area contributed by atoms with Gasteiger partial charge in [0, 0.05) is 0 Å². The van der Waals surface area contributed by atoms with E-state index in [0.29, 0.717) is 12.8 Å². The SMILES string of the molecule is CC(CCC(O)CO)OCC(O)CO. The van der Waals surface area contributed by atoms with Crippen LogP contribution in [0.2, 0.25) is 0 Å². The van der Waals surface area contributed by atoms with E-state index in [1.807, 2.05) is 6.92 Å². The maximum absolute atomic E-state index is 9.04. The number of rotatable bonds is 8. The van der Waals surface area contributed by atoms with Crippen LogP contribution in [0.3, 0.4) is 0 Å². The molecule has 0 aliphatic heterocycles. The highest BCUT2D eigenvalue weighted by atomic mass is 16.5. The maximum atomic E-state index is 9.04. The molecule has 0 spiro atoms. The Labute approximate surface area is 83.9 Å². The van der Waals surface area contributed by atoms with Gasteiger partial charge < -0.3 is 25.2 Å². The molecule has 3 unspecified atom stereocenters. The average molecular weight is 208 g/mol. The van der Waals surface area contributed by atoms with Crippen molar-refractivity contribution in [3.63, 3.8) is 0 Å². The summed E-state index contributed by atoms with van der Waals surface area (Å²) in [5.41, 5.74) is 0. The summed E-state index contributed by atoms with van der Waals surface area (Å²) < 4.78 is 5.19. The summed E-state index contributed by atoms with van der Waals surface area (Å²) >= 11 is 0. The molecule has 86 valence electrons. The van der Waals surface area contributed by atoms with Crippen LogP contribution in [0.4, 0.5) is 0 Å². The van der Waals surface area contributed by atoms with Crippen LogP contribution in [0.5, 0.6) is 0 Å². The molecule has 0 bridgehead atoms. The first kappa shape index (κ1) is 13.8. The highest BCUT2D eigenvalue weighted by Gasteiger charge is 2.09. The zero-order valence-electron chi connectivity index (χ0n) is 8.46. The normalized spacial score (nSPS) is 17.8. The van der Waals surface area contributed by atoms with Gasteiger partial charge in [0.05, 0.1) is 32.0 Å². The summed E-state index contributed by atoms with van der Waals surface area (Å²) in [5.74, 6) is 0. The molecule has 0 rings (SSSR count). The van der Waals surface area contributed by atoms with Crippen LogP contribution in [0.25, 0.3) is 0 Å². The summed E-state index contributed by atoms with van der Waals surface area (Å²) in [6, 6.07) is 0. The Morgan fingerprint density at radius 3 is 2.07 bits per heavy atom. The molecule has 0 radical (unpaired) electrons. The average Bonchev–Trinajstić information content (AvgIpc) is 2.22. The third kappa shape index (κ3) is 7.23. The predicted molar refractivity (Wildman–Crippen MR) is 50.8 cm³/mol. The molecule has 14 heavy (non-hydrogen) atoms. The molecule has 0 aliphatic carbocycles. The molecular formula is C9H20O5. The van der Waals surface area contributed by atoms with Gasteiger partial charge in [-0.15, -0.1) is 0 Å². The lowest BCUT2D eigenvalue weighted by Crippen LogP contribution is -2.24. The quantitative estimate of drug-likeness (QED) is 0.405. The van der Waals surface area contributed by atoms with Crippen molar-refractivity contribution in [2.24, 2.45) is 0 Å². The molecule has 0 aromatic heterocycles. The molecule has 0 aliphatic rings. The van der Waals surface area contributed by atoms with E-state index in [2.05, 4.69) is 0 Å². The second kappa shape index (κ2) is 8.14. The predicted octanol–water partition coefficient (Wildman–Crippen LogP) is -1.12. The van der Waals surface area contributed by atoms with Gasteiger partial charge in [-0.2, -0.15) is 0 Å². The second-order valence-corrected chi connectivity index (χ2v) is 3.39. The topological polar surface area (TPSA) is 90.2 Å². The zero-order valence-corrected chi connectivity index (χ0v) is 8.46. The summed E-state index contributed by atoms with van der Waals surface area (Å²) in [6.45, 7) is 1.35. The molecule has 0 amide bonds. The van der Waals surface area contributed by atoms with Crippen LogP contribution >= 0.6 is 0 Å². The van der Waals surface area contributed by atoms with E-state index in [0.717, 1.165) is 0 Å². The first-order valence-corrected chi connectivity index (χ1v) is 4.79. The van der Waals surface area contributed by atoms with E-state index in [9.17, 15) is 0 Å². The molecule has 0 saturated carbocycles. The van der Waals surface area contributed by atoms with E-state index >= 15 is 0 Å². The highest BCUT2D eigenvalue weighted by molar-refractivity contribution is 4.59. The van der Waals surface area contributed by atoms with Gasteiger partial charge in [0.2, 0.25) is 0 Å². The van der Waals surface area contributed by atoms with Crippen LogP contribution in [-0.4, -0.2) is 58.6 Å². The third-order valence-electron chi connectivity index (χ3n) is 1.90. The van der Waals surface area contributed by atoms with E-state index in [1.54, 1.807) is 0 Å². The smallest absolute Gasteiger partial charge is 0.100 e. The minimum absolute atomic E-state index is 0.0902. The van der Waals surface area contributed by atoms with Gasteiger partial charge in [-0.1, -0.05) is 0 Å². The lowest BCUT2D eigenvalue weighted by Gasteiger charge is -2.16. The molecule has 5 heteroatoms. The fourth-order valence-electron chi connectivity index (χ4n) is 0.930. The monoisotopic (exact) mass is 208 g/mol. The van der Waals surface area contributed by atoms with Crippen molar-refractivity contribution in [3.8, 4) is 0 Å². The Morgan fingerprint density at radius 1 is 1.00 bits per heavy atom. The molecule has 5 nitrogen and oxygen atoms in total. The zero-order chi connectivity index (χ0) is 11.0. The van der Waals surface area contributed by atoms with E-state index < -0.39 is 12.2 Å². The van der Waals surface area contributed by atoms with Crippen molar-refractivity contribution in [1.29, 1.82) is 0 Å². The molecule has 3 atom stereocenters. The maximum Gasteiger partial charge on any atom is 0.100 e. The summed E-state index contributed by atoms with van der Waals surface area (Å²) in [6.07, 6.45) is -0.575. The molecule has 0 heterocycles. The van der Waals surface area contributed by atoms with Gasteiger partial charge in [-0.05, 0) is 19.8 Å². The van der Waals surface area contributed by atoms with Crippen LogP contribution in [0, 0.1) is 0 Å². The number of ether oxygens (including phenoxy) is 1. The van der Waals surface area contributed by atoms with Gasteiger partial charge in [0.15, 0.2) is 0 Å². The van der Waals surface area contributed by atoms with Crippen LogP contribution in [-0.2, 0) is 4.74 Å². The second-order valence-electron chi connectivity index (χ2n) is 3.39. The van der Waals surface area contributed by atoms with Crippen LogP contribution in [0.15, 0.2) is 0 Å². The molecule has 0 fully saturated rings.